The molecule has 34 heavy (non-hydrogen) atoms. The van der Waals surface area contributed by atoms with Gasteiger partial charge in [-0.15, -0.1) is 0 Å². The predicted molar refractivity (Wildman–Crippen MR) is 133 cm³/mol. The molecule has 2 aromatic rings. The van der Waals surface area contributed by atoms with Crippen LogP contribution in [0.3, 0.4) is 0 Å². The molecule has 2 aromatic carbocycles. The summed E-state index contributed by atoms with van der Waals surface area (Å²) >= 11 is 6.15. The van der Waals surface area contributed by atoms with Crippen molar-refractivity contribution in [2.75, 3.05) is 11.9 Å². The molecular weight excluding hydrogens is 454 g/mol. The Kier molecular flexibility index (Phi) is 8.34. The van der Waals surface area contributed by atoms with Crippen LogP contribution in [-0.4, -0.2) is 35.5 Å². The second-order valence-electron chi connectivity index (χ2n) is 8.40. The largest absolute Gasteiger partial charge is 0.459 e. The molecule has 7 nitrogen and oxygen atoms in total. The highest BCUT2D eigenvalue weighted by Crippen LogP contribution is 2.33. The van der Waals surface area contributed by atoms with Crippen molar-refractivity contribution in [3.05, 3.63) is 76.0 Å². The molecule has 3 amide bonds. The Morgan fingerprint density at radius 2 is 1.91 bits per heavy atom. The van der Waals surface area contributed by atoms with E-state index in [1.165, 1.54) is 0 Å². The molecule has 0 fully saturated rings. The molecule has 3 rings (SSSR count). The van der Waals surface area contributed by atoms with Crippen LogP contribution in [0.25, 0.3) is 0 Å². The number of benzene rings is 2. The third kappa shape index (κ3) is 5.78. The zero-order valence-electron chi connectivity index (χ0n) is 19.9. The maximum absolute atomic E-state index is 13.1. The molecule has 0 radical (unpaired) electrons. The smallest absolute Gasteiger partial charge is 0.338 e. The number of rotatable bonds is 8. The van der Waals surface area contributed by atoms with Gasteiger partial charge in [0.1, 0.15) is 0 Å². The van der Waals surface area contributed by atoms with E-state index in [1.54, 1.807) is 74.2 Å². The van der Waals surface area contributed by atoms with Crippen LogP contribution < -0.4 is 10.6 Å². The fourth-order valence-corrected chi connectivity index (χ4v) is 4.02. The zero-order chi connectivity index (χ0) is 24.8. The van der Waals surface area contributed by atoms with Gasteiger partial charge in [0.05, 0.1) is 28.3 Å². The number of carbonyl (C=O) groups excluding carboxylic acids is 3. The number of urea groups is 1. The first-order valence-corrected chi connectivity index (χ1v) is 11.8. The monoisotopic (exact) mass is 483 g/mol. The zero-order valence-corrected chi connectivity index (χ0v) is 20.6. The number of hydrogen-bond donors (Lipinski definition) is 2. The number of carbonyl (C=O) groups is 3. The summed E-state index contributed by atoms with van der Waals surface area (Å²) in [4.78, 5) is 40.3. The standard InChI is InChI=1S/C26H30ClN3O4/c1-5-6-14-30-17(4)22(25(32)34-16(2)3)23(29-26(30)33)18-10-9-11-19(15-18)28-24(31)20-12-7-8-13-21(20)27/h7-13,15-16,23H,5-6,14H2,1-4H3,(H,28,31)(H,29,33). The third-order valence-corrected chi connectivity index (χ3v) is 5.82. The minimum Gasteiger partial charge on any atom is -0.459 e. The summed E-state index contributed by atoms with van der Waals surface area (Å²) in [5.41, 5.74) is 2.45. The van der Waals surface area contributed by atoms with Crippen LogP contribution in [0.2, 0.25) is 5.02 Å². The lowest BCUT2D eigenvalue weighted by Gasteiger charge is -2.35. The van der Waals surface area contributed by atoms with Crippen molar-refractivity contribution in [2.24, 2.45) is 0 Å². The number of amides is 3. The maximum atomic E-state index is 13.1. The van der Waals surface area contributed by atoms with Gasteiger partial charge in [-0.3, -0.25) is 9.69 Å². The predicted octanol–water partition coefficient (Wildman–Crippen LogP) is 5.68. The quantitative estimate of drug-likeness (QED) is 0.472. The molecule has 2 N–H and O–H groups in total. The van der Waals surface area contributed by atoms with Gasteiger partial charge < -0.3 is 15.4 Å². The summed E-state index contributed by atoms with van der Waals surface area (Å²) in [5.74, 6) is -0.836. The van der Waals surface area contributed by atoms with Gasteiger partial charge in [-0.05, 0) is 57.0 Å². The van der Waals surface area contributed by atoms with Gasteiger partial charge in [-0.25, -0.2) is 9.59 Å². The van der Waals surface area contributed by atoms with Crippen LogP contribution in [-0.2, 0) is 9.53 Å². The van der Waals surface area contributed by atoms with Gasteiger partial charge in [0, 0.05) is 17.9 Å². The fraction of sp³-hybridized carbons (Fsp3) is 0.346. The van der Waals surface area contributed by atoms with Crippen molar-refractivity contribution in [3.8, 4) is 0 Å². The minimum atomic E-state index is -0.714. The summed E-state index contributed by atoms with van der Waals surface area (Å²) in [5, 5.41) is 6.12. The van der Waals surface area contributed by atoms with E-state index in [4.69, 9.17) is 16.3 Å². The van der Waals surface area contributed by atoms with E-state index in [0.717, 1.165) is 12.8 Å². The summed E-state index contributed by atoms with van der Waals surface area (Å²) in [7, 11) is 0. The molecule has 8 heteroatoms. The summed E-state index contributed by atoms with van der Waals surface area (Å²) in [6, 6.07) is 12.8. The van der Waals surface area contributed by atoms with Gasteiger partial charge in [-0.2, -0.15) is 0 Å². The van der Waals surface area contributed by atoms with Gasteiger partial charge in [0.15, 0.2) is 0 Å². The number of esters is 1. The number of nitrogens with one attached hydrogen (secondary N) is 2. The van der Waals surface area contributed by atoms with Gasteiger partial charge in [-0.1, -0.05) is 49.2 Å². The number of allylic oxidation sites excluding steroid dienone is 1. The lowest BCUT2D eigenvalue weighted by atomic mass is 9.94. The molecule has 1 heterocycles. The Morgan fingerprint density at radius 1 is 1.18 bits per heavy atom. The molecule has 0 saturated heterocycles. The minimum absolute atomic E-state index is 0.275. The Labute approximate surface area is 205 Å². The van der Waals surface area contributed by atoms with Crippen LogP contribution >= 0.6 is 11.6 Å². The average molecular weight is 484 g/mol. The number of anilines is 1. The third-order valence-electron chi connectivity index (χ3n) is 5.49. The normalized spacial score (nSPS) is 15.9. The van der Waals surface area contributed by atoms with E-state index in [9.17, 15) is 14.4 Å². The number of halogens is 1. The van der Waals surface area contributed by atoms with Gasteiger partial charge in [0.2, 0.25) is 0 Å². The van der Waals surface area contributed by atoms with Crippen molar-refractivity contribution < 1.29 is 19.1 Å². The van der Waals surface area contributed by atoms with E-state index in [2.05, 4.69) is 10.6 Å². The highest BCUT2D eigenvalue weighted by molar-refractivity contribution is 6.34. The van der Waals surface area contributed by atoms with Crippen molar-refractivity contribution in [1.29, 1.82) is 0 Å². The molecular formula is C26H30ClN3O4. The Morgan fingerprint density at radius 3 is 2.59 bits per heavy atom. The maximum Gasteiger partial charge on any atom is 0.338 e. The van der Waals surface area contributed by atoms with E-state index in [-0.39, 0.29) is 18.0 Å². The van der Waals surface area contributed by atoms with E-state index in [0.29, 0.717) is 39.7 Å². The molecule has 0 bridgehead atoms. The Balaban J connectivity index is 1.95. The topological polar surface area (TPSA) is 87.7 Å². The van der Waals surface area contributed by atoms with Gasteiger partial charge >= 0.3 is 12.0 Å². The van der Waals surface area contributed by atoms with Crippen molar-refractivity contribution in [2.45, 2.75) is 52.7 Å². The van der Waals surface area contributed by atoms with Crippen LogP contribution in [0.5, 0.6) is 0 Å². The van der Waals surface area contributed by atoms with E-state index >= 15 is 0 Å². The molecule has 1 atom stereocenters. The molecule has 180 valence electrons. The Bertz CT molecular complexity index is 1110. The van der Waals surface area contributed by atoms with Crippen molar-refractivity contribution in [3.63, 3.8) is 0 Å². The highest BCUT2D eigenvalue weighted by Gasteiger charge is 2.36. The first-order valence-electron chi connectivity index (χ1n) is 11.4. The number of hydrogen-bond acceptors (Lipinski definition) is 4. The molecule has 0 aromatic heterocycles. The SMILES string of the molecule is CCCCN1C(=O)NC(c2cccc(NC(=O)c3ccccc3Cl)c2)C(C(=O)OC(C)C)=C1C. The molecule has 0 saturated carbocycles. The van der Waals surface area contributed by atoms with Crippen LogP contribution in [0.4, 0.5) is 10.5 Å². The first-order chi connectivity index (χ1) is 16.2. The van der Waals surface area contributed by atoms with E-state index < -0.39 is 12.0 Å². The number of unbranched alkanes of at least 4 members (excludes halogenated alkanes) is 1. The second kappa shape index (κ2) is 11.2. The molecule has 1 unspecified atom stereocenters. The summed E-state index contributed by atoms with van der Waals surface area (Å²) in [6.45, 7) is 7.88. The number of ether oxygens (including phenoxy) is 1. The second-order valence-corrected chi connectivity index (χ2v) is 8.81. The molecule has 0 aliphatic carbocycles. The van der Waals surface area contributed by atoms with Crippen molar-refractivity contribution >= 4 is 35.2 Å². The summed E-state index contributed by atoms with van der Waals surface area (Å²) < 4.78 is 5.51. The summed E-state index contributed by atoms with van der Waals surface area (Å²) in [6.07, 6.45) is 1.42. The Hall–Kier alpha value is -3.32. The van der Waals surface area contributed by atoms with Gasteiger partial charge in [0.25, 0.3) is 5.91 Å². The molecule has 0 spiro atoms. The fourth-order valence-electron chi connectivity index (χ4n) is 3.80. The molecule has 1 aliphatic rings. The van der Waals surface area contributed by atoms with Crippen molar-refractivity contribution in [1.82, 2.24) is 10.2 Å². The van der Waals surface area contributed by atoms with Crippen LogP contribution in [0, 0.1) is 0 Å². The lowest BCUT2D eigenvalue weighted by molar-refractivity contribution is -0.143. The average Bonchev–Trinajstić information content (AvgIpc) is 2.78. The van der Waals surface area contributed by atoms with Crippen LogP contribution in [0.1, 0.15) is 62.5 Å². The number of nitrogens with zero attached hydrogens (tertiary/aromatic N) is 1. The molecule has 1 aliphatic heterocycles. The highest BCUT2D eigenvalue weighted by atomic mass is 35.5. The lowest BCUT2D eigenvalue weighted by Crippen LogP contribution is -2.48. The first kappa shape index (κ1) is 25.3. The van der Waals surface area contributed by atoms with Crippen LogP contribution in [0.15, 0.2) is 59.8 Å². The van der Waals surface area contributed by atoms with E-state index in [1.807, 2.05) is 6.92 Å².